The third kappa shape index (κ3) is 2.11. The normalized spacial score (nSPS) is 10.1. The highest BCUT2D eigenvalue weighted by Gasteiger charge is 2.03. The minimum Gasteiger partial charge on any atom is -0.453 e. The highest BCUT2D eigenvalue weighted by Crippen LogP contribution is 2.15. The number of carbonyl (C=O) groups is 1. The van der Waals surface area contributed by atoms with Crippen LogP contribution in [0.3, 0.4) is 0 Å². The quantitative estimate of drug-likeness (QED) is 0.836. The van der Waals surface area contributed by atoms with Crippen LogP contribution >= 0.6 is 0 Å². The summed E-state index contributed by atoms with van der Waals surface area (Å²) in [5, 5.41) is 3.69. The maximum atomic E-state index is 11.0. The maximum Gasteiger partial charge on any atom is 0.407 e. The van der Waals surface area contributed by atoms with Gasteiger partial charge < -0.3 is 10.1 Å². The van der Waals surface area contributed by atoms with Crippen LogP contribution in [0, 0.1) is 0 Å². The standard InChI is InChI=1S/C12H12N2O2/c1-16-12(15)14-8-9-6-7-13-11-5-3-2-4-10(9)11/h2-7H,8H2,1H3,(H,14,15). The largest absolute Gasteiger partial charge is 0.453 e. The van der Waals surface area contributed by atoms with Crippen LogP contribution in [-0.4, -0.2) is 18.2 Å². The van der Waals surface area contributed by atoms with Gasteiger partial charge in [-0.2, -0.15) is 0 Å². The van der Waals surface area contributed by atoms with E-state index in [1.54, 1.807) is 6.20 Å². The number of ether oxygens (including phenoxy) is 1. The summed E-state index contributed by atoms with van der Waals surface area (Å²) in [6.45, 7) is 0.440. The number of para-hydroxylation sites is 1. The number of amides is 1. The number of aromatic nitrogens is 1. The SMILES string of the molecule is COC(=O)NCc1ccnc2ccccc12. The van der Waals surface area contributed by atoms with Gasteiger partial charge in [0.25, 0.3) is 0 Å². The van der Waals surface area contributed by atoms with Crippen LogP contribution in [0.1, 0.15) is 5.56 Å². The van der Waals surface area contributed by atoms with Crippen molar-refractivity contribution < 1.29 is 9.53 Å². The highest BCUT2D eigenvalue weighted by atomic mass is 16.5. The zero-order chi connectivity index (χ0) is 11.4. The van der Waals surface area contributed by atoms with Gasteiger partial charge in [0, 0.05) is 18.1 Å². The number of nitrogens with one attached hydrogen (secondary N) is 1. The molecule has 82 valence electrons. The number of alkyl carbamates (subject to hydrolysis) is 1. The minimum atomic E-state index is -0.430. The lowest BCUT2D eigenvalue weighted by atomic mass is 10.1. The minimum absolute atomic E-state index is 0.430. The second kappa shape index (κ2) is 4.61. The second-order valence-corrected chi connectivity index (χ2v) is 3.33. The molecule has 0 saturated heterocycles. The molecule has 1 heterocycles. The Bertz CT molecular complexity index is 506. The lowest BCUT2D eigenvalue weighted by Gasteiger charge is -2.06. The van der Waals surface area contributed by atoms with Crippen molar-refractivity contribution in [1.82, 2.24) is 10.3 Å². The molecule has 16 heavy (non-hydrogen) atoms. The molecule has 1 aromatic carbocycles. The third-order valence-corrected chi connectivity index (χ3v) is 2.35. The van der Waals surface area contributed by atoms with Crippen molar-refractivity contribution in [2.45, 2.75) is 6.54 Å². The number of methoxy groups -OCH3 is 1. The first kappa shape index (κ1) is 10.4. The molecule has 0 aliphatic rings. The molecule has 1 N–H and O–H groups in total. The average Bonchev–Trinajstić information content (AvgIpc) is 2.35. The van der Waals surface area contributed by atoms with Gasteiger partial charge in [-0.25, -0.2) is 4.79 Å². The van der Waals surface area contributed by atoms with Crippen molar-refractivity contribution in [1.29, 1.82) is 0 Å². The molecule has 0 spiro atoms. The molecule has 0 bridgehead atoms. The summed E-state index contributed by atoms with van der Waals surface area (Å²) in [5.74, 6) is 0. The summed E-state index contributed by atoms with van der Waals surface area (Å²) in [6, 6.07) is 9.70. The van der Waals surface area contributed by atoms with Gasteiger partial charge >= 0.3 is 6.09 Å². The van der Waals surface area contributed by atoms with Gasteiger partial charge in [-0.1, -0.05) is 18.2 Å². The van der Waals surface area contributed by atoms with E-state index in [1.807, 2.05) is 30.3 Å². The first-order valence-electron chi connectivity index (χ1n) is 4.95. The van der Waals surface area contributed by atoms with Crippen LogP contribution in [0.4, 0.5) is 4.79 Å². The Balaban J connectivity index is 2.27. The average molecular weight is 216 g/mol. The Morgan fingerprint density at radius 2 is 2.19 bits per heavy atom. The summed E-state index contributed by atoms with van der Waals surface area (Å²) >= 11 is 0. The number of fused-ring (bicyclic) bond motifs is 1. The molecular formula is C12H12N2O2. The predicted molar refractivity (Wildman–Crippen MR) is 61.0 cm³/mol. The summed E-state index contributed by atoms with van der Waals surface area (Å²) in [6.07, 6.45) is 1.30. The van der Waals surface area contributed by atoms with Gasteiger partial charge in [0.1, 0.15) is 0 Å². The van der Waals surface area contributed by atoms with Crippen molar-refractivity contribution in [3.05, 3.63) is 42.1 Å². The molecule has 0 aliphatic heterocycles. The van der Waals surface area contributed by atoms with E-state index in [2.05, 4.69) is 15.0 Å². The second-order valence-electron chi connectivity index (χ2n) is 3.33. The monoisotopic (exact) mass is 216 g/mol. The number of benzene rings is 1. The van der Waals surface area contributed by atoms with Gasteiger partial charge in [0.2, 0.25) is 0 Å². The molecule has 0 saturated carbocycles. The van der Waals surface area contributed by atoms with E-state index in [0.717, 1.165) is 16.5 Å². The Morgan fingerprint density at radius 1 is 1.38 bits per heavy atom. The Hall–Kier alpha value is -2.10. The summed E-state index contributed by atoms with van der Waals surface area (Å²) in [5.41, 5.74) is 1.95. The molecule has 2 rings (SSSR count). The fraction of sp³-hybridized carbons (Fsp3) is 0.167. The molecule has 0 radical (unpaired) electrons. The molecule has 4 nitrogen and oxygen atoms in total. The molecule has 0 aliphatic carbocycles. The number of hydrogen-bond acceptors (Lipinski definition) is 3. The van der Waals surface area contributed by atoms with E-state index in [9.17, 15) is 4.79 Å². The van der Waals surface area contributed by atoms with Crippen LogP contribution in [-0.2, 0) is 11.3 Å². The lowest BCUT2D eigenvalue weighted by Crippen LogP contribution is -2.22. The number of rotatable bonds is 2. The highest BCUT2D eigenvalue weighted by molar-refractivity contribution is 5.82. The molecule has 2 aromatic rings. The van der Waals surface area contributed by atoms with E-state index in [-0.39, 0.29) is 0 Å². The van der Waals surface area contributed by atoms with Crippen molar-refractivity contribution in [2.24, 2.45) is 0 Å². The van der Waals surface area contributed by atoms with Gasteiger partial charge in [-0.05, 0) is 17.7 Å². The predicted octanol–water partition coefficient (Wildman–Crippen LogP) is 2.09. The van der Waals surface area contributed by atoms with Gasteiger partial charge in [-0.15, -0.1) is 0 Å². The van der Waals surface area contributed by atoms with Crippen LogP contribution in [0.5, 0.6) is 0 Å². The summed E-state index contributed by atoms with van der Waals surface area (Å²) < 4.78 is 4.52. The lowest BCUT2D eigenvalue weighted by molar-refractivity contribution is 0.170. The van der Waals surface area contributed by atoms with Crippen LogP contribution in [0.2, 0.25) is 0 Å². The molecule has 0 unspecified atom stereocenters. The molecule has 0 fully saturated rings. The summed E-state index contributed by atoms with van der Waals surface area (Å²) in [7, 11) is 1.35. The van der Waals surface area contributed by atoms with Gasteiger partial charge in [0.15, 0.2) is 0 Å². The van der Waals surface area contributed by atoms with Crippen molar-refractivity contribution in [2.75, 3.05) is 7.11 Å². The zero-order valence-electron chi connectivity index (χ0n) is 8.93. The van der Waals surface area contributed by atoms with Crippen LogP contribution < -0.4 is 5.32 Å². The Kier molecular flexibility index (Phi) is 3.00. The fourth-order valence-corrected chi connectivity index (χ4v) is 1.55. The van der Waals surface area contributed by atoms with E-state index in [0.29, 0.717) is 6.54 Å². The Morgan fingerprint density at radius 3 is 3.00 bits per heavy atom. The third-order valence-electron chi connectivity index (χ3n) is 2.35. The van der Waals surface area contributed by atoms with Crippen LogP contribution in [0.15, 0.2) is 36.5 Å². The van der Waals surface area contributed by atoms with Gasteiger partial charge in [0.05, 0.1) is 12.6 Å². The molecular weight excluding hydrogens is 204 g/mol. The molecule has 0 atom stereocenters. The number of pyridine rings is 1. The van der Waals surface area contributed by atoms with E-state index in [4.69, 9.17) is 0 Å². The first-order chi connectivity index (χ1) is 7.81. The fourth-order valence-electron chi connectivity index (χ4n) is 1.55. The number of nitrogens with zero attached hydrogens (tertiary/aromatic N) is 1. The zero-order valence-corrected chi connectivity index (χ0v) is 8.93. The van der Waals surface area contributed by atoms with Crippen molar-refractivity contribution >= 4 is 17.0 Å². The maximum absolute atomic E-state index is 11.0. The Labute approximate surface area is 93.3 Å². The number of carbonyl (C=O) groups excluding carboxylic acids is 1. The van der Waals surface area contributed by atoms with Crippen molar-refractivity contribution in [3.63, 3.8) is 0 Å². The van der Waals surface area contributed by atoms with E-state index < -0.39 is 6.09 Å². The van der Waals surface area contributed by atoms with Crippen molar-refractivity contribution in [3.8, 4) is 0 Å². The molecule has 1 aromatic heterocycles. The first-order valence-corrected chi connectivity index (χ1v) is 4.95. The van der Waals surface area contributed by atoms with E-state index in [1.165, 1.54) is 7.11 Å². The molecule has 4 heteroatoms. The smallest absolute Gasteiger partial charge is 0.407 e. The molecule has 1 amide bonds. The van der Waals surface area contributed by atoms with E-state index >= 15 is 0 Å². The van der Waals surface area contributed by atoms with Crippen LogP contribution in [0.25, 0.3) is 10.9 Å². The topological polar surface area (TPSA) is 51.2 Å². The summed E-state index contributed by atoms with van der Waals surface area (Å²) in [4.78, 5) is 15.2. The number of hydrogen-bond donors (Lipinski definition) is 1. The van der Waals surface area contributed by atoms with Gasteiger partial charge in [-0.3, -0.25) is 4.98 Å².